The molecule has 1 aromatic carbocycles. The molecule has 2 heterocycles. The van der Waals surface area contributed by atoms with Crippen LogP contribution in [0.15, 0.2) is 24.3 Å². The van der Waals surface area contributed by atoms with Gasteiger partial charge in [-0.1, -0.05) is 17.2 Å². The zero-order chi connectivity index (χ0) is 18.9. The lowest BCUT2D eigenvalue weighted by molar-refractivity contribution is -0.221. The highest BCUT2D eigenvalue weighted by Gasteiger charge is 2.50. The maximum atomic E-state index is 13.3. The third-order valence-electron chi connectivity index (χ3n) is 4.00. The van der Waals surface area contributed by atoms with E-state index in [0.29, 0.717) is 0 Å². The van der Waals surface area contributed by atoms with E-state index in [1.807, 2.05) is 0 Å². The van der Waals surface area contributed by atoms with Crippen molar-refractivity contribution in [3.05, 3.63) is 35.4 Å². The van der Waals surface area contributed by atoms with Gasteiger partial charge in [-0.25, -0.2) is 4.79 Å². The molecule has 1 saturated heterocycles. The van der Waals surface area contributed by atoms with Crippen molar-refractivity contribution in [3.8, 4) is 0 Å². The molecule has 0 spiro atoms. The molecule has 0 saturated carbocycles. The van der Waals surface area contributed by atoms with Gasteiger partial charge in [0.05, 0.1) is 37.1 Å². The highest BCUT2D eigenvalue weighted by atomic mass is 19.4. The maximum absolute atomic E-state index is 13.3. The fraction of sp³-hybridized carbons (Fsp3) is 0.438. The first-order valence-corrected chi connectivity index (χ1v) is 7.74. The Morgan fingerprint density at radius 3 is 2.31 bits per heavy atom. The Bertz CT molecular complexity index is 694. The zero-order valence-corrected chi connectivity index (χ0v) is 13.3. The van der Waals surface area contributed by atoms with Crippen molar-refractivity contribution >= 4 is 17.8 Å². The van der Waals surface area contributed by atoms with Gasteiger partial charge in [0.25, 0.3) is 11.8 Å². The van der Waals surface area contributed by atoms with Crippen LogP contribution in [-0.2, 0) is 19.1 Å². The van der Waals surface area contributed by atoms with Gasteiger partial charge in [0.2, 0.25) is 0 Å². The second-order valence-corrected chi connectivity index (χ2v) is 5.76. The highest BCUT2D eigenvalue weighted by molar-refractivity contribution is 6.20. The molecule has 3 rings (SSSR count). The lowest BCUT2D eigenvalue weighted by Crippen LogP contribution is -2.42. The number of imide groups is 1. The number of nitrogens with zero attached hydrogens (tertiary/aromatic N) is 1. The van der Waals surface area contributed by atoms with Crippen LogP contribution in [0.25, 0.3) is 0 Å². The summed E-state index contributed by atoms with van der Waals surface area (Å²) in [6.07, 6.45) is -6.60. The first-order valence-electron chi connectivity index (χ1n) is 7.74. The standard InChI is InChI=1S/C16H14F3NO6/c17-16(18,19)12(7-9-8-24-5-6-25-9)15(23)26-20-13(21)10-3-1-2-4-11(10)14(20)22/h1-4,9,12H,5-8H2. The Labute approximate surface area is 145 Å². The molecule has 0 aliphatic carbocycles. The number of carbonyl (C=O) groups excluding carboxylic acids is 3. The van der Waals surface area contributed by atoms with E-state index >= 15 is 0 Å². The van der Waals surface area contributed by atoms with Gasteiger partial charge in [-0.2, -0.15) is 13.2 Å². The van der Waals surface area contributed by atoms with E-state index in [1.165, 1.54) is 24.3 Å². The monoisotopic (exact) mass is 373 g/mol. The lowest BCUT2D eigenvalue weighted by Gasteiger charge is -2.27. The molecule has 2 amide bonds. The van der Waals surface area contributed by atoms with Crippen LogP contribution < -0.4 is 0 Å². The fourth-order valence-electron chi connectivity index (χ4n) is 2.70. The van der Waals surface area contributed by atoms with Crippen LogP contribution in [0.2, 0.25) is 0 Å². The van der Waals surface area contributed by atoms with Crippen molar-refractivity contribution in [2.24, 2.45) is 5.92 Å². The predicted molar refractivity (Wildman–Crippen MR) is 77.8 cm³/mol. The molecular formula is C16H14F3NO6. The topological polar surface area (TPSA) is 82.1 Å². The number of amides is 2. The van der Waals surface area contributed by atoms with Crippen LogP contribution in [-0.4, -0.2) is 54.9 Å². The summed E-state index contributed by atoms with van der Waals surface area (Å²) in [7, 11) is 0. The summed E-state index contributed by atoms with van der Waals surface area (Å²) in [4.78, 5) is 40.8. The molecular weight excluding hydrogens is 359 g/mol. The summed E-state index contributed by atoms with van der Waals surface area (Å²) >= 11 is 0. The molecule has 0 bridgehead atoms. The van der Waals surface area contributed by atoms with Crippen LogP contribution in [0.1, 0.15) is 27.1 Å². The molecule has 0 aromatic heterocycles. The zero-order valence-electron chi connectivity index (χ0n) is 13.3. The summed E-state index contributed by atoms with van der Waals surface area (Å²) < 4.78 is 50.0. The van der Waals surface area contributed by atoms with Gasteiger partial charge < -0.3 is 14.3 Å². The van der Waals surface area contributed by atoms with Crippen molar-refractivity contribution in [3.63, 3.8) is 0 Å². The fourth-order valence-corrected chi connectivity index (χ4v) is 2.70. The van der Waals surface area contributed by atoms with E-state index in [2.05, 4.69) is 4.84 Å². The van der Waals surface area contributed by atoms with Gasteiger partial charge >= 0.3 is 12.1 Å². The number of ether oxygens (including phenoxy) is 2. The molecule has 0 radical (unpaired) electrons. The molecule has 1 fully saturated rings. The molecule has 26 heavy (non-hydrogen) atoms. The average Bonchev–Trinajstić information content (AvgIpc) is 2.85. The van der Waals surface area contributed by atoms with Crippen molar-refractivity contribution in [1.29, 1.82) is 0 Å². The van der Waals surface area contributed by atoms with Crippen LogP contribution in [0, 0.1) is 5.92 Å². The van der Waals surface area contributed by atoms with Gasteiger partial charge in [0.15, 0.2) is 5.92 Å². The summed E-state index contributed by atoms with van der Waals surface area (Å²) in [6, 6.07) is 5.60. The van der Waals surface area contributed by atoms with Crippen molar-refractivity contribution in [2.75, 3.05) is 19.8 Å². The molecule has 2 aliphatic heterocycles. The van der Waals surface area contributed by atoms with E-state index in [9.17, 15) is 27.6 Å². The number of halogens is 3. The normalized spacial score (nSPS) is 21.5. The second kappa shape index (κ2) is 7.04. The van der Waals surface area contributed by atoms with E-state index in [4.69, 9.17) is 9.47 Å². The molecule has 140 valence electrons. The molecule has 2 atom stereocenters. The van der Waals surface area contributed by atoms with Crippen LogP contribution in [0.4, 0.5) is 13.2 Å². The number of carbonyl (C=O) groups is 3. The van der Waals surface area contributed by atoms with Crippen molar-refractivity contribution in [2.45, 2.75) is 18.7 Å². The Balaban J connectivity index is 1.74. The highest BCUT2D eigenvalue weighted by Crippen LogP contribution is 2.33. The van der Waals surface area contributed by atoms with E-state index < -0.39 is 42.4 Å². The molecule has 0 N–H and O–H groups in total. The smallest absolute Gasteiger partial charge is 0.376 e. The van der Waals surface area contributed by atoms with Crippen LogP contribution >= 0.6 is 0 Å². The molecule has 1 aromatic rings. The minimum Gasteiger partial charge on any atom is -0.376 e. The minimum absolute atomic E-state index is 0.0436. The Hall–Kier alpha value is -2.46. The van der Waals surface area contributed by atoms with Gasteiger partial charge in [-0.05, 0) is 18.6 Å². The van der Waals surface area contributed by atoms with Gasteiger partial charge in [-0.15, -0.1) is 0 Å². The first kappa shape index (κ1) is 18.3. The number of rotatable bonds is 4. The minimum atomic E-state index is -4.93. The first-order chi connectivity index (χ1) is 12.3. The number of fused-ring (bicyclic) bond motifs is 1. The SMILES string of the molecule is O=C(ON1C(=O)c2ccccc2C1=O)C(CC1COCCO1)C(F)(F)F. The van der Waals surface area contributed by atoms with Gasteiger partial charge in [0, 0.05) is 0 Å². The van der Waals surface area contributed by atoms with Crippen molar-refractivity contribution < 1.29 is 41.9 Å². The summed E-state index contributed by atoms with van der Waals surface area (Å²) in [5.74, 6) is -6.28. The summed E-state index contributed by atoms with van der Waals surface area (Å²) in [6.45, 7) is 0.280. The van der Waals surface area contributed by atoms with E-state index in [-0.39, 0.29) is 36.0 Å². The number of hydroxylamine groups is 2. The van der Waals surface area contributed by atoms with Gasteiger partial charge in [-0.3, -0.25) is 9.59 Å². The third-order valence-corrected chi connectivity index (χ3v) is 4.00. The maximum Gasteiger partial charge on any atom is 0.402 e. The molecule has 2 unspecified atom stereocenters. The van der Waals surface area contributed by atoms with E-state index in [1.54, 1.807) is 0 Å². The number of hydrogen-bond donors (Lipinski definition) is 0. The average molecular weight is 373 g/mol. The number of alkyl halides is 3. The third kappa shape index (κ3) is 3.56. The number of hydrogen-bond acceptors (Lipinski definition) is 6. The second-order valence-electron chi connectivity index (χ2n) is 5.76. The summed E-state index contributed by atoms with van der Waals surface area (Å²) in [5, 5.41) is 0.0595. The van der Waals surface area contributed by atoms with Crippen LogP contribution in [0.3, 0.4) is 0 Å². The summed E-state index contributed by atoms with van der Waals surface area (Å²) in [5.41, 5.74) is -0.0873. The van der Waals surface area contributed by atoms with E-state index in [0.717, 1.165) is 0 Å². The number of benzene rings is 1. The van der Waals surface area contributed by atoms with Gasteiger partial charge in [0.1, 0.15) is 0 Å². The van der Waals surface area contributed by atoms with Crippen LogP contribution in [0.5, 0.6) is 0 Å². The Kier molecular flexibility index (Phi) is 4.97. The molecule has 10 heteroatoms. The Morgan fingerprint density at radius 1 is 1.19 bits per heavy atom. The molecule has 2 aliphatic rings. The quantitative estimate of drug-likeness (QED) is 0.748. The lowest BCUT2D eigenvalue weighted by atomic mass is 10.0. The molecule has 7 nitrogen and oxygen atoms in total. The predicted octanol–water partition coefficient (Wildman–Crippen LogP) is 1.72. The largest absolute Gasteiger partial charge is 0.402 e. The Morgan fingerprint density at radius 2 is 1.81 bits per heavy atom. The van der Waals surface area contributed by atoms with Crippen molar-refractivity contribution in [1.82, 2.24) is 5.06 Å².